The van der Waals surface area contributed by atoms with Crippen LogP contribution in [0.25, 0.3) is 0 Å². The molecule has 3 amide bonds. The zero-order valence-corrected chi connectivity index (χ0v) is 21.9. The molecule has 0 aliphatic heterocycles. The van der Waals surface area contributed by atoms with Crippen LogP contribution in [0.3, 0.4) is 0 Å². The Bertz CT molecular complexity index is 943. The molecule has 0 unspecified atom stereocenters. The molecule has 9 N–H and O–H groups in total. The Balaban J connectivity index is 3.07. The summed E-state index contributed by atoms with van der Waals surface area (Å²) in [6.45, 7) is 5.46. The number of carboxylic acids is 2. The highest BCUT2D eigenvalue weighted by molar-refractivity contribution is 5.94. The molecule has 5 atom stereocenters. The zero-order chi connectivity index (χ0) is 28.8. The van der Waals surface area contributed by atoms with Crippen LogP contribution in [0.15, 0.2) is 30.3 Å². The van der Waals surface area contributed by atoms with Crippen LogP contribution in [0.2, 0.25) is 0 Å². The van der Waals surface area contributed by atoms with E-state index in [0.717, 1.165) is 5.56 Å². The average Bonchev–Trinajstić information content (AvgIpc) is 2.84. The number of nitrogens with one attached hydrogen (secondary N) is 3. The van der Waals surface area contributed by atoms with Gasteiger partial charge in [-0.05, 0) is 37.8 Å². The molecule has 0 aliphatic rings. The fourth-order valence-electron chi connectivity index (χ4n) is 3.51. The second kappa shape index (κ2) is 16.3. The summed E-state index contributed by atoms with van der Waals surface area (Å²) in [7, 11) is 0. The predicted octanol–water partition coefficient (Wildman–Crippen LogP) is -0.672. The first kappa shape index (κ1) is 32.5. The Morgan fingerprint density at radius 3 is 2.03 bits per heavy atom. The molecule has 0 heterocycles. The van der Waals surface area contributed by atoms with Crippen LogP contribution in [0.4, 0.5) is 0 Å². The molecule has 0 saturated heterocycles. The smallest absolute Gasteiger partial charge is 0.326 e. The Morgan fingerprint density at radius 2 is 1.50 bits per heavy atom. The van der Waals surface area contributed by atoms with Crippen LogP contribution >= 0.6 is 0 Å². The van der Waals surface area contributed by atoms with Crippen molar-refractivity contribution in [1.82, 2.24) is 16.0 Å². The molecule has 0 bridgehead atoms. The van der Waals surface area contributed by atoms with Crippen LogP contribution in [-0.4, -0.2) is 76.7 Å². The summed E-state index contributed by atoms with van der Waals surface area (Å²) >= 11 is 0. The lowest BCUT2D eigenvalue weighted by molar-refractivity contribution is -0.147. The first-order valence-corrected chi connectivity index (χ1v) is 12.3. The lowest BCUT2D eigenvalue weighted by atomic mass is 10.0. The summed E-state index contributed by atoms with van der Waals surface area (Å²) in [4.78, 5) is 61.1. The number of ether oxygens (including phenoxy) is 1. The van der Waals surface area contributed by atoms with E-state index in [0.29, 0.717) is 6.42 Å². The fourth-order valence-corrected chi connectivity index (χ4v) is 3.51. The number of aliphatic carboxylic acids is 2. The topological polar surface area (TPSA) is 223 Å². The number of carboxylic acid groups (broad SMARTS) is 2. The molecule has 0 aromatic heterocycles. The highest BCUT2D eigenvalue weighted by Gasteiger charge is 2.33. The third-order valence-corrected chi connectivity index (χ3v) is 5.55. The van der Waals surface area contributed by atoms with Crippen LogP contribution in [-0.2, 0) is 35.3 Å². The average molecular weight is 538 g/mol. The van der Waals surface area contributed by atoms with Crippen molar-refractivity contribution in [3.63, 3.8) is 0 Å². The molecule has 0 fully saturated rings. The van der Waals surface area contributed by atoms with E-state index in [9.17, 15) is 29.1 Å². The molecular weight excluding hydrogens is 498 g/mol. The SMILES string of the molecule is CC(C)C[C@H](N)C(=O)N[C@H](C(=O)N[C@@H](CCN)C(=O)N[C@@H](CC(=O)O)C(=O)O)[C@@H](C)OCc1ccccc1. The summed E-state index contributed by atoms with van der Waals surface area (Å²) in [5.74, 6) is -5.15. The lowest BCUT2D eigenvalue weighted by Crippen LogP contribution is -2.60. The summed E-state index contributed by atoms with van der Waals surface area (Å²) in [6, 6.07) is 3.99. The predicted molar refractivity (Wildman–Crippen MR) is 137 cm³/mol. The minimum Gasteiger partial charge on any atom is -0.481 e. The minimum atomic E-state index is -1.71. The van der Waals surface area contributed by atoms with Gasteiger partial charge in [-0.3, -0.25) is 19.2 Å². The summed E-state index contributed by atoms with van der Waals surface area (Å²) in [5.41, 5.74) is 12.4. The number of hydrogen-bond acceptors (Lipinski definition) is 8. The van der Waals surface area contributed by atoms with E-state index in [1.807, 2.05) is 44.2 Å². The summed E-state index contributed by atoms with van der Waals surface area (Å²) in [6.07, 6.45) is -1.42. The number of carbonyl (C=O) groups is 5. The van der Waals surface area contributed by atoms with Crippen molar-refractivity contribution in [3.8, 4) is 0 Å². The molecule has 1 aromatic carbocycles. The van der Waals surface area contributed by atoms with E-state index < -0.39 is 66.4 Å². The van der Waals surface area contributed by atoms with Gasteiger partial charge >= 0.3 is 11.9 Å². The summed E-state index contributed by atoms with van der Waals surface area (Å²) < 4.78 is 5.83. The van der Waals surface area contributed by atoms with E-state index in [2.05, 4.69) is 16.0 Å². The van der Waals surface area contributed by atoms with Crippen molar-refractivity contribution in [2.45, 2.75) is 76.9 Å². The van der Waals surface area contributed by atoms with Gasteiger partial charge in [0.05, 0.1) is 25.2 Å². The molecule has 0 aliphatic carbocycles. The Hall–Kier alpha value is -3.55. The van der Waals surface area contributed by atoms with E-state index >= 15 is 0 Å². The maximum atomic E-state index is 13.3. The molecular formula is C25H39N5O8. The highest BCUT2D eigenvalue weighted by atomic mass is 16.5. The summed E-state index contributed by atoms with van der Waals surface area (Å²) in [5, 5.41) is 25.3. The van der Waals surface area contributed by atoms with Gasteiger partial charge in [-0.2, -0.15) is 0 Å². The van der Waals surface area contributed by atoms with Gasteiger partial charge in [-0.1, -0.05) is 44.2 Å². The molecule has 212 valence electrons. The van der Waals surface area contributed by atoms with E-state index in [1.165, 1.54) is 0 Å². The maximum Gasteiger partial charge on any atom is 0.326 e. The quantitative estimate of drug-likeness (QED) is 0.133. The van der Waals surface area contributed by atoms with Crippen molar-refractivity contribution in [2.24, 2.45) is 17.4 Å². The van der Waals surface area contributed by atoms with Gasteiger partial charge in [-0.25, -0.2) is 4.79 Å². The van der Waals surface area contributed by atoms with Crippen molar-refractivity contribution < 1.29 is 38.9 Å². The standard InChI is InChI=1S/C25H39N5O8/c1-14(2)11-17(27)22(33)30-21(15(3)38-13-16-7-5-4-6-8-16)24(35)28-18(9-10-26)23(34)29-19(25(36)37)12-20(31)32/h4-8,14-15,17-19,21H,9-13,26-27H2,1-3H3,(H,28,35)(H,29,34)(H,30,33)(H,31,32)(H,36,37)/t15-,17+,18+,19+,21+/m1/s1. The first-order valence-electron chi connectivity index (χ1n) is 12.3. The second-order valence-electron chi connectivity index (χ2n) is 9.36. The van der Waals surface area contributed by atoms with Gasteiger partial charge in [0, 0.05) is 0 Å². The van der Waals surface area contributed by atoms with Gasteiger partial charge < -0.3 is 42.4 Å². The zero-order valence-electron chi connectivity index (χ0n) is 21.9. The van der Waals surface area contributed by atoms with Crippen LogP contribution in [0.1, 0.15) is 45.6 Å². The molecule has 13 heteroatoms. The highest BCUT2D eigenvalue weighted by Crippen LogP contribution is 2.09. The molecule has 0 saturated carbocycles. The number of benzene rings is 1. The number of rotatable bonds is 17. The van der Waals surface area contributed by atoms with Crippen molar-refractivity contribution in [3.05, 3.63) is 35.9 Å². The first-order chi connectivity index (χ1) is 17.8. The van der Waals surface area contributed by atoms with Gasteiger partial charge in [0.2, 0.25) is 17.7 Å². The van der Waals surface area contributed by atoms with Gasteiger partial charge in [0.25, 0.3) is 0 Å². The molecule has 0 spiro atoms. The third kappa shape index (κ3) is 11.7. The number of nitrogens with two attached hydrogens (primary N) is 2. The molecule has 38 heavy (non-hydrogen) atoms. The number of carbonyl (C=O) groups excluding carboxylic acids is 3. The third-order valence-electron chi connectivity index (χ3n) is 5.55. The molecule has 1 rings (SSSR count). The van der Waals surface area contributed by atoms with Crippen molar-refractivity contribution in [2.75, 3.05) is 6.54 Å². The van der Waals surface area contributed by atoms with Gasteiger partial charge in [-0.15, -0.1) is 0 Å². The Morgan fingerprint density at radius 1 is 0.895 bits per heavy atom. The lowest BCUT2D eigenvalue weighted by Gasteiger charge is -2.28. The van der Waals surface area contributed by atoms with Crippen LogP contribution < -0.4 is 27.4 Å². The molecule has 1 aromatic rings. The molecule has 13 nitrogen and oxygen atoms in total. The van der Waals surface area contributed by atoms with Gasteiger partial charge in [0.15, 0.2) is 0 Å². The van der Waals surface area contributed by atoms with E-state index in [-0.39, 0.29) is 25.5 Å². The Kier molecular flexibility index (Phi) is 14.0. The van der Waals surface area contributed by atoms with Crippen LogP contribution in [0, 0.1) is 5.92 Å². The van der Waals surface area contributed by atoms with Crippen LogP contribution in [0.5, 0.6) is 0 Å². The van der Waals surface area contributed by atoms with Gasteiger partial charge in [0.1, 0.15) is 18.1 Å². The number of hydrogen-bond donors (Lipinski definition) is 7. The normalized spacial score (nSPS) is 15.0. The monoisotopic (exact) mass is 537 g/mol. The number of amides is 3. The fraction of sp³-hybridized carbons (Fsp3) is 0.560. The van der Waals surface area contributed by atoms with Crippen molar-refractivity contribution >= 4 is 29.7 Å². The van der Waals surface area contributed by atoms with Crippen molar-refractivity contribution in [1.29, 1.82) is 0 Å². The maximum absolute atomic E-state index is 13.3. The Labute approximate surface area is 221 Å². The second-order valence-corrected chi connectivity index (χ2v) is 9.36. The van der Waals surface area contributed by atoms with E-state index in [4.69, 9.17) is 21.3 Å². The van der Waals surface area contributed by atoms with E-state index in [1.54, 1.807) is 6.92 Å². The largest absolute Gasteiger partial charge is 0.481 e. The molecule has 0 radical (unpaired) electrons. The minimum absolute atomic E-state index is 0.0502.